The molecule has 2 nitrogen and oxygen atoms in total. The molecular weight excluding hydrogens is 150 g/mol. The van der Waals surface area contributed by atoms with Gasteiger partial charge in [0, 0.05) is 5.41 Å². The van der Waals surface area contributed by atoms with Crippen molar-refractivity contribution in [1.82, 2.24) is 0 Å². The third-order valence-electron chi connectivity index (χ3n) is 2.60. The predicted molar refractivity (Wildman–Crippen MR) is 49.8 cm³/mol. The van der Waals surface area contributed by atoms with E-state index in [1.807, 2.05) is 27.7 Å². The van der Waals surface area contributed by atoms with E-state index in [-0.39, 0.29) is 11.2 Å². The Kier molecular flexibility index (Phi) is 2.07. The number of ketones is 1. The van der Waals surface area contributed by atoms with Crippen LogP contribution in [0.4, 0.5) is 0 Å². The molecule has 0 heterocycles. The van der Waals surface area contributed by atoms with E-state index in [1.165, 1.54) is 0 Å². The summed E-state index contributed by atoms with van der Waals surface area (Å²) in [5.74, 6) is 0.627. The van der Waals surface area contributed by atoms with E-state index in [0.29, 0.717) is 5.92 Å². The van der Waals surface area contributed by atoms with Crippen molar-refractivity contribution >= 4 is 5.78 Å². The van der Waals surface area contributed by atoms with E-state index in [9.17, 15) is 4.79 Å². The van der Waals surface area contributed by atoms with Crippen LogP contribution in [0.15, 0.2) is 0 Å². The lowest BCUT2D eigenvalue weighted by atomic mass is 9.77. The number of hydrogen-bond acceptors (Lipinski definition) is 2. The van der Waals surface area contributed by atoms with Gasteiger partial charge in [-0.3, -0.25) is 4.79 Å². The summed E-state index contributed by atoms with van der Waals surface area (Å²) in [5.41, 5.74) is 5.12. The van der Waals surface area contributed by atoms with Gasteiger partial charge in [0.15, 0.2) is 5.78 Å². The Morgan fingerprint density at radius 3 is 1.92 bits per heavy atom. The zero-order valence-corrected chi connectivity index (χ0v) is 8.48. The topological polar surface area (TPSA) is 43.1 Å². The average Bonchev–Trinajstić information content (AvgIpc) is 2.64. The second-order valence-corrected chi connectivity index (χ2v) is 5.14. The SMILES string of the molecule is CC(C)(C)C(=O)C(C)(N)C1CC1. The molecule has 1 saturated carbocycles. The van der Waals surface area contributed by atoms with Gasteiger partial charge in [0.05, 0.1) is 5.54 Å². The molecular formula is C10H19NO. The molecule has 2 heteroatoms. The van der Waals surface area contributed by atoms with Gasteiger partial charge in [-0.25, -0.2) is 0 Å². The molecule has 1 unspecified atom stereocenters. The fourth-order valence-corrected chi connectivity index (χ4v) is 1.68. The van der Waals surface area contributed by atoms with Crippen LogP contribution in [-0.2, 0) is 4.79 Å². The first kappa shape index (κ1) is 9.72. The molecule has 70 valence electrons. The van der Waals surface area contributed by atoms with Crippen molar-refractivity contribution in [1.29, 1.82) is 0 Å². The zero-order chi connectivity index (χ0) is 9.57. The predicted octanol–water partition coefficient (Wildman–Crippen LogP) is 1.73. The van der Waals surface area contributed by atoms with E-state index < -0.39 is 5.54 Å². The minimum atomic E-state index is -0.585. The van der Waals surface area contributed by atoms with Crippen LogP contribution in [-0.4, -0.2) is 11.3 Å². The summed E-state index contributed by atoms with van der Waals surface area (Å²) in [5, 5.41) is 0. The molecule has 0 spiro atoms. The highest BCUT2D eigenvalue weighted by Gasteiger charge is 2.47. The van der Waals surface area contributed by atoms with Gasteiger partial charge in [0.2, 0.25) is 0 Å². The summed E-state index contributed by atoms with van der Waals surface area (Å²) in [4.78, 5) is 11.8. The summed E-state index contributed by atoms with van der Waals surface area (Å²) in [6.45, 7) is 7.67. The molecule has 1 fully saturated rings. The van der Waals surface area contributed by atoms with Crippen molar-refractivity contribution in [3.8, 4) is 0 Å². The number of carbonyl (C=O) groups is 1. The Balaban J connectivity index is 2.74. The van der Waals surface area contributed by atoms with Crippen LogP contribution < -0.4 is 5.73 Å². The minimum absolute atomic E-state index is 0.192. The van der Waals surface area contributed by atoms with Gasteiger partial charge in [0.1, 0.15) is 0 Å². The highest BCUT2D eigenvalue weighted by molar-refractivity contribution is 5.92. The number of carbonyl (C=O) groups excluding carboxylic acids is 1. The third kappa shape index (κ3) is 1.69. The molecule has 1 aliphatic rings. The quantitative estimate of drug-likeness (QED) is 0.684. The van der Waals surface area contributed by atoms with Gasteiger partial charge in [-0.05, 0) is 25.7 Å². The van der Waals surface area contributed by atoms with E-state index in [4.69, 9.17) is 5.73 Å². The first-order chi connectivity index (χ1) is 5.26. The summed E-state index contributed by atoms with van der Waals surface area (Å²) >= 11 is 0. The Bertz CT molecular complexity index is 196. The molecule has 0 aromatic rings. The monoisotopic (exact) mass is 169 g/mol. The fraction of sp³-hybridized carbons (Fsp3) is 0.900. The third-order valence-corrected chi connectivity index (χ3v) is 2.60. The molecule has 0 aliphatic heterocycles. The smallest absolute Gasteiger partial charge is 0.157 e. The maximum atomic E-state index is 11.8. The molecule has 0 amide bonds. The van der Waals surface area contributed by atoms with Crippen molar-refractivity contribution in [3.05, 3.63) is 0 Å². The molecule has 12 heavy (non-hydrogen) atoms. The van der Waals surface area contributed by atoms with Crippen molar-refractivity contribution in [2.75, 3.05) is 0 Å². The van der Waals surface area contributed by atoms with Gasteiger partial charge in [0.25, 0.3) is 0 Å². The van der Waals surface area contributed by atoms with Gasteiger partial charge in [-0.1, -0.05) is 20.8 Å². The molecule has 0 aromatic heterocycles. The van der Waals surface area contributed by atoms with Gasteiger partial charge in [-0.2, -0.15) is 0 Å². The summed E-state index contributed by atoms with van der Waals surface area (Å²) in [7, 11) is 0. The highest BCUT2D eigenvalue weighted by atomic mass is 16.1. The van der Waals surface area contributed by atoms with Crippen LogP contribution in [0.1, 0.15) is 40.5 Å². The van der Waals surface area contributed by atoms with Gasteiger partial charge in [-0.15, -0.1) is 0 Å². The van der Waals surface area contributed by atoms with E-state index in [1.54, 1.807) is 0 Å². The Morgan fingerprint density at radius 2 is 1.67 bits per heavy atom. The molecule has 0 aromatic carbocycles. The Hall–Kier alpha value is -0.370. The lowest BCUT2D eigenvalue weighted by Gasteiger charge is -2.30. The number of nitrogens with two attached hydrogens (primary N) is 1. The largest absolute Gasteiger partial charge is 0.319 e. The first-order valence-corrected chi connectivity index (χ1v) is 4.60. The van der Waals surface area contributed by atoms with E-state index in [2.05, 4.69) is 0 Å². The van der Waals surface area contributed by atoms with E-state index in [0.717, 1.165) is 12.8 Å². The van der Waals surface area contributed by atoms with Crippen molar-refractivity contribution in [3.63, 3.8) is 0 Å². The average molecular weight is 169 g/mol. The van der Waals surface area contributed by atoms with Crippen LogP contribution >= 0.6 is 0 Å². The normalized spacial score (nSPS) is 23.4. The maximum absolute atomic E-state index is 11.8. The molecule has 0 radical (unpaired) electrons. The second-order valence-electron chi connectivity index (χ2n) is 5.14. The number of Topliss-reactive ketones (excluding diaryl/α,β-unsaturated/α-hetero) is 1. The maximum Gasteiger partial charge on any atom is 0.157 e. The lowest BCUT2D eigenvalue weighted by molar-refractivity contribution is -0.132. The first-order valence-electron chi connectivity index (χ1n) is 4.60. The number of rotatable bonds is 2. The fourth-order valence-electron chi connectivity index (χ4n) is 1.68. The van der Waals surface area contributed by atoms with Crippen LogP contribution in [0.5, 0.6) is 0 Å². The molecule has 0 saturated heterocycles. The van der Waals surface area contributed by atoms with Crippen LogP contribution in [0, 0.1) is 11.3 Å². The van der Waals surface area contributed by atoms with Crippen LogP contribution in [0.25, 0.3) is 0 Å². The standard InChI is InChI=1S/C10H19NO/c1-9(2,3)8(12)10(4,11)7-5-6-7/h7H,5-6,11H2,1-4H3. The summed E-state index contributed by atoms with van der Waals surface area (Å²) in [6, 6.07) is 0. The molecule has 0 bridgehead atoms. The molecule has 1 atom stereocenters. The van der Waals surface area contributed by atoms with Crippen LogP contribution in [0.2, 0.25) is 0 Å². The molecule has 1 rings (SSSR count). The van der Waals surface area contributed by atoms with Crippen molar-refractivity contribution in [2.45, 2.75) is 46.1 Å². The zero-order valence-electron chi connectivity index (χ0n) is 8.48. The minimum Gasteiger partial charge on any atom is -0.319 e. The van der Waals surface area contributed by atoms with E-state index >= 15 is 0 Å². The van der Waals surface area contributed by atoms with Crippen molar-refractivity contribution < 1.29 is 4.79 Å². The Labute approximate surface area is 74.5 Å². The van der Waals surface area contributed by atoms with Gasteiger partial charge < -0.3 is 5.73 Å². The summed E-state index contributed by atoms with van der Waals surface area (Å²) in [6.07, 6.45) is 2.24. The van der Waals surface area contributed by atoms with Crippen LogP contribution in [0.3, 0.4) is 0 Å². The lowest BCUT2D eigenvalue weighted by Crippen LogP contribution is -2.52. The number of hydrogen-bond donors (Lipinski definition) is 1. The molecule has 1 aliphatic carbocycles. The summed E-state index contributed by atoms with van der Waals surface area (Å²) < 4.78 is 0. The van der Waals surface area contributed by atoms with Gasteiger partial charge >= 0.3 is 0 Å². The van der Waals surface area contributed by atoms with Crippen molar-refractivity contribution in [2.24, 2.45) is 17.1 Å². The Morgan fingerprint density at radius 1 is 1.25 bits per heavy atom. The highest BCUT2D eigenvalue weighted by Crippen LogP contribution is 2.41. The molecule has 2 N–H and O–H groups in total. The second kappa shape index (κ2) is 2.56.